The lowest BCUT2D eigenvalue weighted by atomic mass is 10.0. The molecule has 0 aromatic heterocycles. The van der Waals surface area contributed by atoms with Gasteiger partial charge in [-0.1, -0.05) is 23.8 Å². The number of rotatable bonds is 5. The zero-order valence-corrected chi connectivity index (χ0v) is 15.5. The molecule has 1 heterocycles. The molecule has 2 atom stereocenters. The van der Waals surface area contributed by atoms with E-state index in [-0.39, 0.29) is 30.4 Å². The van der Waals surface area contributed by atoms with Gasteiger partial charge < -0.3 is 14.7 Å². The van der Waals surface area contributed by atoms with Gasteiger partial charge in [-0.05, 0) is 31.5 Å². The van der Waals surface area contributed by atoms with E-state index in [2.05, 4.69) is 0 Å². The normalized spacial score (nSPS) is 18.7. The number of aryl methyl sites for hydroxylation is 2. The van der Waals surface area contributed by atoms with Crippen LogP contribution in [0.3, 0.4) is 0 Å². The molecule has 1 aliphatic rings. The maximum Gasteiger partial charge on any atom is 0.312 e. The summed E-state index contributed by atoms with van der Waals surface area (Å²) in [7, 11) is 0. The average molecular weight is 384 g/mol. The minimum atomic E-state index is -1.08. The Labute approximate surface area is 161 Å². The number of ether oxygens (including phenoxy) is 1. The molecule has 0 aliphatic carbocycles. The second kappa shape index (κ2) is 7.67. The van der Waals surface area contributed by atoms with Crippen molar-refractivity contribution in [2.45, 2.75) is 20.0 Å². The summed E-state index contributed by atoms with van der Waals surface area (Å²) in [4.78, 5) is 36.4. The molecule has 3 rings (SSSR count). The van der Waals surface area contributed by atoms with Gasteiger partial charge in [-0.15, -0.1) is 0 Å². The lowest BCUT2D eigenvalue weighted by Gasteiger charge is -2.18. The highest BCUT2D eigenvalue weighted by atomic mass is 16.6. The number of benzene rings is 2. The number of aliphatic carboxylic acids is 1. The van der Waals surface area contributed by atoms with Crippen LogP contribution in [0.1, 0.15) is 21.5 Å². The SMILES string of the molecule is Cc1ccc(C)c(C(=O)N2C[C@H](Oc3cccc([N+](=O)[O-])c3)[C@@H](C(=O)O)C2)c1. The highest BCUT2D eigenvalue weighted by molar-refractivity contribution is 5.96. The van der Waals surface area contributed by atoms with Crippen molar-refractivity contribution in [2.75, 3.05) is 13.1 Å². The maximum absolute atomic E-state index is 12.9. The fourth-order valence-electron chi connectivity index (χ4n) is 3.28. The number of hydrogen-bond donors (Lipinski definition) is 1. The Kier molecular flexibility index (Phi) is 5.30. The van der Waals surface area contributed by atoms with Crippen molar-refractivity contribution in [1.29, 1.82) is 0 Å². The van der Waals surface area contributed by atoms with Crippen molar-refractivity contribution in [1.82, 2.24) is 4.90 Å². The Hall–Kier alpha value is -3.42. The van der Waals surface area contributed by atoms with Crippen molar-refractivity contribution >= 4 is 17.6 Å². The fraction of sp³-hybridized carbons (Fsp3) is 0.300. The monoisotopic (exact) mass is 384 g/mol. The van der Waals surface area contributed by atoms with Gasteiger partial charge in [0.1, 0.15) is 17.8 Å². The predicted octanol–water partition coefficient (Wildman–Crippen LogP) is 2.82. The van der Waals surface area contributed by atoms with Crippen LogP contribution in [0.4, 0.5) is 5.69 Å². The first-order chi connectivity index (χ1) is 13.3. The predicted molar refractivity (Wildman–Crippen MR) is 100 cm³/mol. The summed E-state index contributed by atoms with van der Waals surface area (Å²) in [6.45, 7) is 3.82. The molecule has 0 radical (unpaired) electrons. The van der Waals surface area contributed by atoms with E-state index in [1.54, 1.807) is 6.07 Å². The molecule has 0 saturated carbocycles. The number of nitro groups is 1. The summed E-state index contributed by atoms with van der Waals surface area (Å²) in [5.74, 6) is -2.05. The van der Waals surface area contributed by atoms with Crippen LogP contribution in [-0.2, 0) is 4.79 Å². The molecule has 0 unspecified atom stereocenters. The van der Waals surface area contributed by atoms with Crippen molar-refractivity contribution in [3.05, 3.63) is 69.3 Å². The van der Waals surface area contributed by atoms with Crippen LogP contribution < -0.4 is 4.74 Å². The average Bonchev–Trinajstić information content (AvgIpc) is 3.07. The third-order valence-electron chi connectivity index (χ3n) is 4.81. The minimum absolute atomic E-state index is 0.0150. The fourth-order valence-corrected chi connectivity index (χ4v) is 3.28. The van der Waals surface area contributed by atoms with Gasteiger partial charge in [0.2, 0.25) is 0 Å². The van der Waals surface area contributed by atoms with Crippen molar-refractivity contribution < 1.29 is 24.4 Å². The Balaban J connectivity index is 1.82. The summed E-state index contributed by atoms with van der Waals surface area (Å²) in [5.41, 5.74) is 2.13. The number of nitro benzene ring substituents is 1. The zero-order chi connectivity index (χ0) is 20.4. The summed E-state index contributed by atoms with van der Waals surface area (Å²) >= 11 is 0. The lowest BCUT2D eigenvalue weighted by Crippen LogP contribution is -2.32. The Morgan fingerprint density at radius 1 is 1.18 bits per heavy atom. The number of likely N-dealkylation sites (tertiary alicyclic amines) is 1. The number of hydrogen-bond acceptors (Lipinski definition) is 5. The lowest BCUT2D eigenvalue weighted by molar-refractivity contribution is -0.384. The van der Waals surface area contributed by atoms with Gasteiger partial charge in [0.25, 0.3) is 11.6 Å². The van der Waals surface area contributed by atoms with Gasteiger partial charge >= 0.3 is 5.97 Å². The molecule has 8 heteroatoms. The van der Waals surface area contributed by atoms with E-state index in [0.717, 1.165) is 11.1 Å². The largest absolute Gasteiger partial charge is 0.487 e. The quantitative estimate of drug-likeness (QED) is 0.627. The van der Waals surface area contributed by atoms with Gasteiger partial charge in [-0.3, -0.25) is 19.7 Å². The smallest absolute Gasteiger partial charge is 0.312 e. The number of carboxylic acid groups (broad SMARTS) is 1. The highest BCUT2D eigenvalue weighted by Crippen LogP contribution is 2.27. The van der Waals surface area contributed by atoms with Crippen LogP contribution in [0.2, 0.25) is 0 Å². The second-order valence-corrected chi connectivity index (χ2v) is 6.88. The van der Waals surface area contributed by atoms with E-state index in [1.165, 1.54) is 29.2 Å². The van der Waals surface area contributed by atoms with Gasteiger partial charge in [0.15, 0.2) is 0 Å². The summed E-state index contributed by atoms with van der Waals surface area (Å²) in [6, 6.07) is 11.1. The molecule has 0 spiro atoms. The van der Waals surface area contributed by atoms with Crippen LogP contribution in [0, 0.1) is 29.9 Å². The number of amides is 1. The number of nitrogens with zero attached hydrogens (tertiary/aromatic N) is 2. The van der Waals surface area contributed by atoms with Gasteiger partial charge in [0, 0.05) is 18.2 Å². The Bertz CT molecular complexity index is 942. The molecular formula is C20H20N2O6. The molecule has 1 aliphatic heterocycles. The molecule has 146 valence electrons. The highest BCUT2D eigenvalue weighted by Gasteiger charge is 2.42. The van der Waals surface area contributed by atoms with E-state index in [4.69, 9.17) is 4.74 Å². The molecule has 2 aromatic carbocycles. The zero-order valence-electron chi connectivity index (χ0n) is 15.5. The second-order valence-electron chi connectivity index (χ2n) is 6.88. The topological polar surface area (TPSA) is 110 Å². The molecule has 1 N–H and O–H groups in total. The summed E-state index contributed by atoms with van der Waals surface area (Å²) in [5, 5.41) is 20.5. The van der Waals surface area contributed by atoms with Crippen molar-refractivity contribution in [3.8, 4) is 5.75 Å². The first-order valence-corrected chi connectivity index (χ1v) is 8.76. The van der Waals surface area contributed by atoms with Crippen LogP contribution in [0.5, 0.6) is 5.75 Å². The van der Waals surface area contributed by atoms with Crippen molar-refractivity contribution in [2.24, 2.45) is 5.92 Å². The standard InChI is InChI=1S/C20H20N2O6/c1-12-6-7-13(2)16(8-12)19(23)21-10-17(20(24)25)18(11-21)28-15-5-3-4-14(9-15)22(26)27/h3-9,17-18H,10-11H2,1-2H3,(H,24,25)/t17-,18-/m0/s1. The van der Waals surface area contributed by atoms with E-state index in [0.29, 0.717) is 5.56 Å². The number of non-ortho nitro benzene ring substituents is 1. The number of carbonyl (C=O) groups excluding carboxylic acids is 1. The molecule has 8 nitrogen and oxygen atoms in total. The first kappa shape index (κ1) is 19.3. The van der Waals surface area contributed by atoms with Crippen LogP contribution >= 0.6 is 0 Å². The molecule has 1 fully saturated rings. The van der Waals surface area contributed by atoms with Crippen LogP contribution in [0.25, 0.3) is 0 Å². The molecular weight excluding hydrogens is 364 g/mol. The maximum atomic E-state index is 12.9. The van der Waals surface area contributed by atoms with E-state index in [1.807, 2.05) is 26.0 Å². The third-order valence-corrected chi connectivity index (χ3v) is 4.81. The minimum Gasteiger partial charge on any atom is -0.487 e. The number of carboxylic acids is 1. The van der Waals surface area contributed by atoms with Crippen LogP contribution in [-0.4, -0.2) is 46.0 Å². The van der Waals surface area contributed by atoms with Gasteiger partial charge in [-0.25, -0.2) is 0 Å². The number of carbonyl (C=O) groups is 2. The van der Waals surface area contributed by atoms with Gasteiger partial charge in [-0.2, -0.15) is 0 Å². The summed E-state index contributed by atoms with van der Waals surface area (Å²) < 4.78 is 5.73. The van der Waals surface area contributed by atoms with Gasteiger partial charge in [0.05, 0.1) is 17.5 Å². The molecule has 1 saturated heterocycles. The molecule has 0 bridgehead atoms. The summed E-state index contributed by atoms with van der Waals surface area (Å²) in [6.07, 6.45) is -0.798. The van der Waals surface area contributed by atoms with Crippen LogP contribution in [0.15, 0.2) is 42.5 Å². The van der Waals surface area contributed by atoms with Crippen molar-refractivity contribution in [3.63, 3.8) is 0 Å². The molecule has 28 heavy (non-hydrogen) atoms. The van der Waals surface area contributed by atoms with E-state index >= 15 is 0 Å². The van der Waals surface area contributed by atoms with E-state index in [9.17, 15) is 24.8 Å². The first-order valence-electron chi connectivity index (χ1n) is 8.76. The van der Waals surface area contributed by atoms with E-state index < -0.39 is 22.9 Å². The Morgan fingerprint density at radius 2 is 1.93 bits per heavy atom. The molecule has 2 aromatic rings. The third kappa shape index (κ3) is 3.95. The molecule has 1 amide bonds. The Morgan fingerprint density at radius 3 is 2.61 bits per heavy atom.